The van der Waals surface area contributed by atoms with Crippen molar-refractivity contribution in [3.63, 3.8) is 0 Å². The Morgan fingerprint density at radius 3 is 2.61 bits per heavy atom. The summed E-state index contributed by atoms with van der Waals surface area (Å²) in [6, 6.07) is 3.96. The van der Waals surface area contributed by atoms with Gasteiger partial charge in [0.1, 0.15) is 5.82 Å². The van der Waals surface area contributed by atoms with Crippen LogP contribution in [0.2, 0.25) is 0 Å². The third kappa shape index (κ3) is 3.89. The molecule has 0 aromatic carbocycles. The lowest BCUT2D eigenvalue weighted by molar-refractivity contribution is 0.670. The SMILES string of the molecule is CCCNCc1cnc(Cc2cccnc2)nc1. The van der Waals surface area contributed by atoms with Gasteiger partial charge in [-0.05, 0) is 24.6 Å². The van der Waals surface area contributed by atoms with Crippen molar-refractivity contribution in [3.05, 3.63) is 53.9 Å². The summed E-state index contributed by atoms with van der Waals surface area (Å²) in [5, 5.41) is 3.33. The second kappa shape index (κ2) is 6.81. The summed E-state index contributed by atoms with van der Waals surface area (Å²) in [6.45, 7) is 4.01. The second-order valence-electron chi connectivity index (χ2n) is 4.22. The third-order valence-corrected chi connectivity index (χ3v) is 2.60. The summed E-state index contributed by atoms with van der Waals surface area (Å²) in [5.41, 5.74) is 2.26. The fourth-order valence-corrected chi connectivity index (χ4v) is 1.66. The maximum Gasteiger partial charge on any atom is 0.132 e. The molecule has 1 N–H and O–H groups in total. The largest absolute Gasteiger partial charge is 0.313 e. The topological polar surface area (TPSA) is 50.7 Å². The quantitative estimate of drug-likeness (QED) is 0.787. The first-order chi connectivity index (χ1) is 8.88. The van der Waals surface area contributed by atoms with Gasteiger partial charge < -0.3 is 5.32 Å². The van der Waals surface area contributed by atoms with Crippen molar-refractivity contribution in [2.45, 2.75) is 26.3 Å². The van der Waals surface area contributed by atoms with Crippen molar-refractivity contribution in [1.82, 2.24) is 20.3 Å². The normalized spacial score (nSPS) is 10.5. The smallest absolute Gasteiger partial charge is 0.132 e. The van der Waals surface area contributed by atoms with E-state index in [-0.39, 0.29) is 0 Å². The molecular formula is C14H18N4. The van der Waals surface area contributed by atoms with Crippen molar-refractivity contribution in [1.29, 1.82) is 0 Å². The van der Waals surface area contributed by atoms with E-state index in [0.29, 0.717) is 0 Å². The van der Waals surface area contributed by atoms with Crippen LogP contribution in [0.25, 0.3) is 0 Å². The van der Waals surface area contributed by atoms with Gasteiger partial charge in [-0.1, -0.05) is 13.0 Å². The second-order valence-corrected chi connectivity index (χ2v) is 4.22. The first-order valence-corrected chi connectivity index (χ1v) is 6.28. The van der Waals surface area contributed by atoms with Crippen LogP contribution in [-0.2, 0) is 13.0 Å². The number of hydrogen-bond acceptors (Lipinski definition) is 4. The van der Waals surface area contributed by atoms with Gasteiger partial charge in [-0.2, -0.15) is 0 Å². The number of aromatic nitrogens is 3. The van der Waals surface area contributed by atoms with Gasteiger partial charge in [0.15, 0.2) is 0 Å². The minimum atomic E-state index is 0.733. The van der Waals surface area contributed by atoms with Crippen LogP contribution in [0.3, 0.4) is 0 Å². The molecule has 94 valence electrons. The standard InChI is InChI=1S/C14H18N4/c1-2-5-15-9-13-10-17-14(18-11-13)7-12-4-3-6-16-8-12/h3-4,6,8,10-11,15H,2,5,7,9H2,1H3. The van der Waals surface area contributed by atoms with Gasteiger partial charge in [-0.3, -0.25) is 4.98 Å². The highest BCUT2D eigenvalue weighted by molar-refractivity contribution is 5.15. The molecular weight excluding hydrogens is 224 g/mol. The van der Waals surface area contributed by atoms with Gasteiger partial charge in [0.2, 0.25) is 0 Å². The molecule has 0 saturated heterocycles. The van der Waals surface area contributed by atoms with E-state index in [4.69, 9.17) is 0 Å². The van der Waals surface area contributed by atoms with Crippen LogP contribution in [0.15, 0.2) is 36.9 Å². The predicted octanol–water partition coefficient (Wildman–Crippen LogP) is 1.96. The molecule has 4 nitrogen and oxygen atoms in total. The van der Waals surface area contributed by atoms with Crippen LogP contribution < -0.4 is 5.32 Å². The maximum atomic E-state index is 4.37. The molecule has 0 aliphatic carbocycles. The van der Waals surface area contributed by atoms with E-state index < -0.39 is 0 Å². The lowest BCUT2D eigenvalue weighted by atomic mass is 10.2. The molecule has 2 heterocycles. The highest BCUT2D eigenvalue weighted by Gasteiger charge is 2.00. The zero-order valence-corrected chi connectivity index (χ0v) is 10.6. The van der Waals surface area contributed by atoms with Crippen LogP contribution in [0.5, 0.6) is 0 Å². The van der Waals surface area contributed by atoms with Gasteiger partial charge in [0.05, 0.1) is 0 Å². The van der Waals surface area contributed by atoms with Crippen LogP contribution in [0.4, 0.5) is 0 Å². The molecule has 0 spiro atoms. The fraction of sp³-hybridized carbons (Fsp3) is 0.357. The Bertz CT molecular complexity index is 453. The van der Waals surface area contributed by atoms with E-state index in [1.807, 2.05) is 30.7 Å². The van der Waals surface area contributed by atoms with E-state index in [1.54, 1.807) is 6.20 Å². The molecule has 2 aromatic rings. The zero-order valence-electron chi connectivity index (χ0n) is 10.6. The zero-order chi connectivity index (χ0) is 12.6. The van der Waals surface area contributed by atoms with Gasteiger partial charge in [-0.15, -0.1) is 0 Å². The highest BCUT2D eigenvalue weighted by Crippen LogP contribution is 2.03. The van der Waals surface area contributed by atoms with E-state index >= 15 is 0 Å². The Morgan fingerprint density at radius 2 is 1.94 bits per heavy atom. The molecule has 0 bridgehead atoms. The summed E-state index contributed by atoms with van der Waals surface area (Å²) in [7, 11) is 0. The molecule has 0 saturated carbocycles. The van der Waals surface area contributed by atoms with Crippen molar-refractivity contribution >= 4 is 0 Å². The predicted molar refractivity (Wildman–Crippen MR) is 71.1 cm³/mol. The molecule has 2 rings (SSSR count). The Morgan fingerprint density at radius 1 is 1.11 bits per heavy atom. The van der Waals surface area contributed by atoms with E-state index in [1.165, 1.54) is 0 Å². The Balaban J connectivity index is 1.91. The third-order valence-electron chi connectivity index (χ3n) is 2.60. The number of pyridine rings is 1. The Kier molecular flexibility index (Phi) is 4.78. The van der Waals surface area contributed by atoms with Gasteiger partial charge in [-0.25, -0.2) is 9.97 Å². The van der Waals surface area contributed by atoms with Crippen molar-refractivity contribution < 1.29 is 0 Å². The molecule has 0 fully saturated rings. The van der Waals surface area contributed by atoms with Gasteiger partial charge in [0.25, 0.3) is 0 Å². The monoisotopic (exact) mass is 242 g/mol. The summed E-state index contributed by atoms with van der Waals surface area (Å²) in [5.74, 6) is 0.835. The minimum Gasteiger partial charge on any atom is -0.313 e. The van der Waals surface area contributed by atoms with E-state index in [0.717, 1.165) is 42.9 Å². The fourth-order valence-electron chi connectivity index (χ4n) is 1.66. The summed E-state index contributed by atoms with van der Waals surface area (Å²) < 4.78 is 0. The first kappa shape index (κ1) is 12.6. The average Bonchev–Trinajstić information content (AvgIpc) is 2.42. The van der Waals surface area contributed by atoms with Crippen LogP contribution in [-0.4, -0.2) is 21.5 Å². The van der Waals surface area contributed by atoms with Crippen LogP contribution in [0, 0.1) is 0 Å². The lowest BCUT2D eigenvalue weighted by Crippen LogP contribution is -2.14. The Labute approximate surface area is 108 Å². The van der Waals surface area contributed by atoms with Crippen LogP contribution >= 0.6 is 0 Å². The molecule has 0 radical (unpaired) electrons. The molecule has 0 unspecified atom stereocenters. The van der Waals surface area contributed by atoms with E-state index in [9.17, 15) is 0 Å². The molecule has 0 aliphatic heterocycles. The molecule has 0 atom stereocenters. The van der Waals surface area contributed by atoms with Gasteiger partial charge in [0, 0.05) is 43.3 Å². The van der Waals surface area contributed by atoms with Crippen molar-refractivity contribution in [2.75, 3.05) is 6.54 Å². The van der Waals surface area contributed by atoms with E-state index in [2.05, 4.69) is 27.2 Å². The average molecular weight is 242 g/mol. The summed E-state index contributed by atoms with van der Waals surface area (Å²) >= 11 is 0. The Hall–Kier alpha value is -1.81. The first-order valence-electron chi connectivity index (χ1n) is 6.28. The summed E-state index contributed by atoms with van der Waals surface area (Å²) in [6.07, 6.45) is 9.27. The minimum absolute atomic E-state index is 0.733. The van der Waals surface area contributed by atoms with Crippen LogP contribution in [0.1, 0.15) is 30.3 Å². The molecule has 0 aliphatic rings. The number of nitrogens with one attached hydrogen (secondary N) is 1. The summed E-state index contributed by atoms with van der Waals surface area (Å²) in [4.78, 5) is 12.8. The van der Waals surface area contributed by atoms with Crippen molar-refractivity contribution in [3.8, 4) is 0 Å². The maximum absolute atomic E-state index is 4.37. The van der Waals surface area contributed by atoms with Gasteiger partial charge >= 0.3 is 0 Å². The molecule has 2 aromatic heterocycles. The van der Waals surface area contributed by atoms with Crippen molar-refractivity contribution in [2.24, 2.45) is 0 Å². The molecule has 4 heteroatoms. The lowest BCUT2D eigenvalue weighted by Gasteiger charge is -2.04. The highest BCUT2D eigenvalue weighted by atomic mass is 14.9. The number of rotatable bonds is 6. The molecule has 18 heavy (non-hydrogen) atoms. The number of hydrogen-bond donors (Lipinski definition) is 1. The number of nitrogens with zero attached hydrogens (tertiary/aromatic N) is 3. The molecule has 0 amide bonds.